The molecule has 4 rings (SSSR count). The Morgan fingerprint density at radius 1 is 1.07 bits per heavy atom. The molecule has 1 aromatic heterocycles. The predicted molar refractivity (Wildman–Crippen MR) is 116 cm³/mol. The van der Waals surface area contributed by atoms with Crippen molar-refractivity contribution in [2.24, 2.45) is 0 Å². The smallest absolute Gasteiger partial charge is 0.275 e. The number of carbonyl (C=O) groups excluding carboxylic acids is 1. The first-order chi connectivity index (χ1) is 14.4. The number of sulfonamides is 1. The van der Waals surface area contributed by atoms with Crippen LogP contribution in [0.1, 0.15) is 42.2 Å². The molecule has 8 heteroatoms. The molecule has 2 aromatic carbocycles. The van der Waals surface area contributed by atoms with Crippen LogP contribution < -0.4 is 0 Å². The molecule has 158 valence electrons. The van der Waals surface area contributed by atoms with Crippen molar-refractivity contribution in [2.45, 2.75) is 31.1 Å². The number of fused-ring (bicyclic) bond motifs is 1. The second kappa shape index (κ2) is 8.20. The average Bonchev–Trinajstić information content (AvgIpc) is 3.22. The Labute approximate surface area is 176 Å². The van der Waals surface area contributed by atoms with E-state index in [0.717, 1.165) is 22.9 Å². The molecule has 0 aliphatic carbocycles. The largest absolute Gasteiger partial charge is 0.335 e. The number of aromatic nitrogens is 2. The highest BCUT2D eigenvalue weighted by Gasteiger charge is 2.31. The second-order valence-electron chi connectivity index (χ2n) is 7.69. The Morgan fingerprint density at radius 2 is 1.73 bits per heavy atom. The van der Waals surface area contributed by atoms with Crippen LogP contribution in [0.2, 0.25) is 0 Å². The molecule has 0 unspecified atom stereocenters. The van der Waals surface area contributed by atoms with Crippen LogP contribution in [0.5, 0.6) is 0 Å². The summed E-state index contributed by atoms with van der Waals surface area (Å²) in [5.74, 6) is 0.219. The molecule has 7 nitrogen and oxygen atoms in total. The van der Waals surface area contributed by atoms with Crippen LogP contribution in [-0.2, 0) is 10.0 Å². The van der Waals surface area contributed by atoms with Crippen molar-refractivity contribution in [3.05, 3.63) is 59.8 Å². The molecule has 0 saturated carbocycles. The third-order valence-electron chi connectivity index (χ3n) is 5.90. The first-order valence-corrected chi connectivity index (χ1v) is 11.7. The first-order valence-electron chi connectivity index (χ1n) is 10.2. The fraction of sp³-hybridized carbons (Fsp3) is 0.364. The summed E-state index contributed by atoms with van der Waals surface area (Å²) in [7, 11) is -3.58. The van der Waals surface area contributed by atoms with Gasteiger partial charge in [-0.25, -0.2) is 8.42 Å². The molecule has 30 heavy (non-hydrogen) atoms. The van der Waals surface area contributed by atoms with Crippen LogP contribution in [-0.4, -0.2) is 59.9 Å². The van der Waals surface area contributed by atoms with E-state index in [4.69, 9.17) is 0 Å². The quantitative estimate of drug-likeness (QED) is 0.679. The Balaban J connectivity index is 1.45. The van der Waals surface area contributed by atoms with Crippen molar-refractivity contribution in [2.75, 3.05) is 26.2 Å². The SMILES string of the molecule is CC[C@@H](C)c1ccc(S(=O)(=O)N2CCN(C(=O)c3n[nH]c4ccccc34)CC2)cc1. The number of hydrogen-bond donors (Lipinski definition) is 1. The van der Waals surface area contributed by atoms with Crippen LogP contribution in [0.3, 0.4) is 0 Å². The van der Waals surface area contributed by atoms with Crippen molar-refractivity contribution >= 4 is 26.8 Å². The Bertz CT molecular complexity index is 1150. The summed E-state index contributed by atoms with van der Waals surface area (Å²) in [6.45, 7) is 5.45. The van der Waals surface area contributed by atoms with Gasteiger partial charge in [0.05, 0.1) is 10.4 Å². The van der Waals surface area contributed by atoms with E-state index in [1.54, 1.807) is 17.0 Å². The van der Waals surface area contributed by atoms with E-state index in [1.807, 2.05) is 36.4 Å². The standard InChI is InChI=1S/C22H26N4O3S/c1-3-16(2)17-8-10-18(11-9-17)30(28,29)26-14-12-25(13-15-26)22(27)21-19-6-4-5-7-20(19)23-24-21/h4-11,16H,3,12-15H2,1-2H3,(H,23,24)/t16-/m1/s1. The van der Waals surface area contributed by atoms with Gasteiger partial charge in [-0.1, -0.05) is 44.2 Å². The van der Waals surface area contributed by atoms with Crippen molar-refractivity contribution in [3.8, 4) is 0 Å². The minimum absolute atomic E-state index is 0.178. The van der Waals surface area contributed by atoms with E-state index in [0.29, 0.717) is 29.6 Å². The lowest BCUT2D eigenvalue weighted by Crippen LogP contribution is -2.50. The number of amides is 1. The van der Waals surface area contributed by atoms with Crippen LogP contribution >= 0.6 is 0 Å². The van der Waals surface area contributed by atoms with Gasteiger partial charge in [0, 0.05) is 31.6 Å². The van der Waals surface area contributed by atoms with Crippen molar-refractivity contribution in [1.82, 2.24) is 19.4 Å². The van der Waals surface area contributed by atoms with Gasteiger partial charge in [-0.3, -0.25) is 9.89 Å². The van der Waals surface area contributed by atoms with E-state index >= 15 is 0 Å². The van der Waals surface area contributed by atoms with Crippen molar-refractivity contribution in [1.29, 1.82) is 0 Å². The number of nitrogens with zero attached hydrogens (tertiary/aromatic N) is 3. The van der Waals surface area contributed by atoms with E-state index in [2.05, 4.69) is 24.0 Å². The second-order valence-corrected chi connectivity index (χ2v) is 9.63. The van der Waals surface area contributed by atoms with E-state index in [1.165, 1.54) is 4.31 Å². The molecule has 3 aromatic rings. The zero-order chi connectivity index (χ0) is 21.3. The molecule has 1 saturated heterocycles. The summed E-state index contributed by atoms with van der Waals surface area (Å²) in [5.41, 5.74) is 2.32. The number of para-hydroxylation sites is 1. The first kappa shape index (κ1) is 20.6. The fourth-order valence-corrected chi connectivity index (χ4v) is 5.18. The van der Waals surface area contributed by atoms with Crippen LogP contribution in [0.25, 0.3) is 10.9 Å². The maximum absolute atomic E-state index is 13.0. The summed E-state index contributed by atoms with van der Waals surface area (Å²) in [6.07, 6.45) is 1.01. The molecule has 0 radical (unpaired) electrons. The lowest BCUT2D eigenvalue weighted by atomic mass is 9.99. The summed E-state index contributed by atoms with van der Waals surface area (Å²) >= 11 is 0. The average molecular weight is 427 g/mol. The fourth-order valence-electron chi connectivity index (χ4n) is 3.76. The summed E-state index contributed by atoms with van der Waals surface area (Å²) < 4.78 is 27.5. The molecule has 1 atom stereocenters. The van der Waals surface area contributed by atoms with Gasteiger partial charge in [-0.05, 0) is 36.1 Å². The molecular weight excluding hydrogens is 400 g/mol. The van der Waals surface area contributed by atoms with E-state index in [9.17, 15) is 13.2 Å². The number of hydrogen-bond acceptors (Lipinski definition) is 4. The Hall–Kier alpha value is -2.71. The molecule has 2 heterocycles. The van der Waals surface area contributed by atoms with Crippen LogP contribution in [0, 0.1) is 0 Å². The molecule has 1 N–H and O–H groups in total. The number of carbonyl (C=O) groups is 1. The summed E-state index contributed by atoms with van der Waals surface area (Å²) in [5, 5.41) is 7.82. The van der Waals surface area contributed by atoms with Gasteiger partial charge in [0.25, 0.3) is 5.91 Å². The van der Waals surface area contributed by atoms with Gasteiger partial charge < -0.3 is 4.90 Å². The Morgan fingerprint density at radius 3 is 2.40 bits per heavy atom. The number of benzene rings is 2. The maximum Gasteiger partial charge on any atom is 0.275 e. The topological polar surface area (TPSA) is 86.4 Å². The molecule has 1 aliphatic rings. The predicted octanol–water partition coefficient (Wildman–Crippen LogP) is 3.22. The lowest BCUT2D eigenvalue weighted by Gasteiger charge is -2.33. The highest BCUT2D eigenvalue weighted by atomic mass is 32.2. The van der Waals surface area contributed by atoms with Crippen molar-refractivity contribution < 1.29 is 13.2 Å². The molecule has 0 spiro atoms. The van der Waals surface area contributed by atoms with Gasteiger partial charge in [0.2, 0.25) is 10.0 Å². The molecule has 1 aliphatic heterocycles. The molecular formula is C22H26N4O3S. The normalized spacial score (nSPS) is 16.7. The number of aromatic amines is 1. The highest BCUT2D eigenvalue weighted by Crippen LogP contribution is 2.24. The maximum atomic E-state index is 13.0. The summed E-state index contributed by atoms with van der Waals surface area (Å²) in [6, 6.07) is 14.6. The van der Waals surface area contributed by atoms with Crippen molar-refractivity contribution in [3.63, 3.8) is 0 Å². The van der Waals surface area contributed by atoms with Crippen LogP contribution in [0.4, 0.5) is 0 Å². The third kappa shape index (κ3) is 3.73. The van der Waals surface area contributed by atoms with Gasteiger partial charge in [-0.15, -0.1) is 0 Å². The number of rotatable bonds is 5. The lowest BCUT2D eigenvalue weighted by molar-refractivity contribution is 0.0694. The summed E-state index contributed by atoms with van der Waals surface area (Å²) in [4.78, 5) is 14.9. The van der Waals surface area contributed by atoms with E-state index in [-0.39, 0.29) is 19.0 Å². The molecule has 1 fully saturated rings. The van der Waals surface area contributed by atoms with Crippen LogP contribution in [0.15, 0.2) is 53.4 Å². The van der Waals surface area contributed by atoms with E-state index < -0.39 is 10.0 Å². The Kier molecular flexibility index (Phi) is 5.62. The van der Waals surface area contributed by atoms with Gasteiger partial charge in [-0.2, -0.15) is 9.40 Å². The third-order valence-corrected chi connectivity index (χ3v) is 7.81. The van der Waals surface area contributed by atoms with Gasteiger partial charge in [0.15, 0.2) is 5.69 Å². The monoisotopic (exact) mass is 426 g/mol. The van der Waals surface area contributed by atoms with Gasteiger partial charge in [0.1, 0.15) is 0 Å². The zero-order valence-corrected chi connectivity index (χ0v) is 18.0. The zero-order valence-electron chi connectivity index (χ0n) is 17.2. The number of H-pyrrole nitrogens is 1. The number of piperazine rings is 1. The molecule has 0 bridgehead atoms. The highest BCUT2D eigenvalue weighted by molar-refractivity contribution is 7.89. The number of nitrogens with one attached hydrogen (secondary N) is 1. The van der Waals surface area contributed by atoms with Gasteiger partial charge >= 0.3 is 0 Å². The minimum atomic E-state index is -3.58. The minimum Gasteiger partial charge on any atom is -0.335 e. The molecule has 1 amide bonds.